The smallest absolute Gasteiger partial charge is 0.243 e. The van der Waals surface area contributed by atoms with Crippen LogP contribution in [0.15, 0.2) is 4.52 Å². The molecule has 1 aromatic heterocycles. The molecule has 1 aromatic rings. The van der Waals surface area contributed by atoms with Crippen LogP contribution in [0.3, 0.4) is 0 Å². The maximum absolute atomic E-state index is 12.8. The van der Waals surface area contributed by atoms with E-state index in [1.54, 1.807) is 0 Å². The third-order valence-corrected chi connectivity index (χ3v) is 5.48. The van der Waals surface area contributed by atoms with Gasteiger partial charge in [0, 0.05) is 32.6 Å². The van der Waals surface area contributed by atoms with E-state index >= 15 is 0 Å². The lowest BCUT2D eigenvalue weighted by atomic mass is 9.81. The van der Waals surface area contributed by atoms with Crippen LogP contribution in [0.5, 0.6) is 0 Å². The van der Waals surface area contributed by atoms with E-state index in [1.807, 2.05) is 11.8 Å². The molecule has 134 valence electrons. The summed E-state index contributed by atoms with van der Waals surface area (Å²) in [5.41, 5.74) is 5.77. The van der Waals surface area contributed by atoms with Crippen molar-refractivity contribution in [3.8, 4) is 0 Å². The number of hydrogen-bond acceptors (Lipinski definition) is 6. The van der Waals surface area contributed by atoms with Gasteiger partial charge in [-0.1, -0.05) is 31.3 Å². The minimum atomic E-state index is -0.630. The van der Waals surface area contributed by atoms with Gasteiger partial charge in [0.2, 0.25) is 11.8 Å². The number of aryl methyl sites for hydroxylation is 1. The molecule has 7 heteroatoms. The molecule has 0 aromatic carbocycles. The fourth-order valence-electron chi connectivity index (χ4n) is 3.76. The fourth-order valence-corrected chi connectivity index (χ4v) is 3.76. The average Bonchev–Trinajstić information content (AvgIpc) is 3.10. The average molecular weight is 335 g/mol. The van der Waals surface area contributed by atoms with E-state index in [4.69, 9.17) is 10.3 Å². The highest BCUT2D eigenvalue weighted by Crippen LogP contribution is 2.28. The first kappa shape index (κ1) is 17.4. The van der Waals surface area contributed by atoms with E-state index in [1.165, 1.54) is 6.42 Å². The van der Waals surface area contributed by atoms with E-state index in [0.29, 0.717) is 5.89 Å². The summed E-state index contributed by atoms with van der Waals surface area (Å²) in [5, 5.41) is 3.97. The van der Waals surface area contributed by atoms with Crippen LogP contribution in [0, 0.1) is 0 Å². The Bertz CT molecular complexity index is 559. The molecule has 1 saturated carbocycles. The molecule has 2 N–H and O–H groups in total. The van der Waals surface area contributed by atoms with Crippen molar-refractivity contribution in [2.75, 3.05) is 26.2 Å². The van der Waals surface area contributed by atoms with E-state index in [2.05, 4.69) is 22.0 Å². The summed E-state index contributed by atoms with van der Waals surface area (Å²) >= 11 is 0. The zero-order valence-electron chi connectivity index (χ0n) is 14.8. The molecule has 1 saturated heterocycles. The van der Waals surface area contributed by atoms with Crippen molar-refractivity contribution in [3.63, 3.8) is 0 Å². The van der Waals surface area contributed by atoms with Gasteiger partial charge in [-0.15, -0.1) is 0 Å². The monoisotopic (exact) mass is 335 g/mol. The van der Waals surface area contributed by atoms with Crippen LogP contribution < -0.4 is 5.73 Å². The summed E-state index contributed by atoms with van der Waals surface area (Å²) in [7, 11) is 0. The lowest BCUT2D eigenvalue weighted by molar-refractivity contribution is -0.140. The molecule has 0 spiro atoms. The second kappa shape index (κ2) is 7.19. The van der Waals surface area contributed by atoms with Crippen molar-refractivity contribution in [2.45, 2.75) is 64.0 Å². The highest BCUT2D eigenvalue weighted by molar-refractivity contribution is 5.86. The van der Waals surface area contributed by atoms with Crippen LogP contribution in [0.25, 0.3) is 0 Å². The van der Waals surface area contributed by atoms with E-state index in [9.17, 15) is 4.79 Å². The predicted octanol–water partition coefficient (Wildman–Crippen LogP) is 1.50. The number of aromatic nitrogens is 2. The van der Waals surface area contributed by atoms with Crippen LogP contribution in [0.1, 0.15) is 63.7 Å². The number of carbonyl (C=O) groups is 1. The van der Waals surface area contributed by atoms with Crippen molar-refractivity contribution < 1.29 is 9.32 Å². The Hall–Kier alpha value is -1.47. The van der Waals surface area contributed by atoms with Crippen LogP contribution in [0.4, 0.5) is 0 Å². The lowest BCUT2D eigenvalue weighted by Gasteiger charge is -2.42. The molecule has 7 nitrogen and oxygen atoms in total. The van der Waals surface area contributed by atoms with Crippen LogP contribution in [-0.4, -0.2) is 57.6 Å². The zero-order chi connectivity index (χ0) is 17.2. The number of piperazine rings is 1. The molecule has 3 rings (SSSR count). The second-order valence-electron chi connectivity index (χ2n) is 7.12. The van der Waals surface area contributed by atoms with Gasteiger partial charge >= 0.3 is 0 Å². The van der Waals surface area contributed by atoms with E-state index in [-0.39, 0.29) is 11.9 Å². The Morgan fingerprint density at radius 3 is 2.50 bits per heavy atom. The first-order chi connectivity index (χ1) is 11.5. The first-order valence-electron chi connectivity index (χ1n) is 9.18. The Labute approximate surface area is 143 Å². The number of hydrogen-bond donors (Lipinski definition) is 1. The zero-order valence-corrected chi connectivity index (χ0v) is 14.8. The van der Waals surface area contributed by atoms with Crippen LogP contribution in [0.2, 0.25) is 0 Å². The number of nitrogens with zero attached hydrogens (tertiary/aromatic N) is 4. The summed E-state index contributed by atoms with van der Waals surface area (Å²) in [4.78, 5) is 21.5. The third kappa shape index (κ3) is 3.47. The predicted molar refractivity (Wildman–Crippen MR) is 90.2 cm³/mol. The van der Waals surface area contributed by atoms with Crippen molar-refractivity contribution in [2.24, 2.45) is 5.73 Å². The maximum atomic E-state index is 12.8. The van der Waals surface area contributed by atoms with Crippen molar-refractivity contribution in [1.29, 1.82) is 0 Å². The second-order valence-corrected chi connectivity index (χ2v) is 7.12. The van der Waals surface area contributed by atoms with Gasteiger partial charge in [0.1, 0.15) is 0 Å². The van der Waals surface area contributed by atoms with Gasteiger partial charge in [0.15, 0.2) is 5.82 Å². The molecule has 2 heterocycles. The molecule has 2 fully saturated rings. The molecule has 0 bridgehead atoms. The Morgan fingerprint density at radius 1 is 1.25 bits per heavy atom. The maximum Gasteiger partial charge on any atom is 0.243 e. The molecular formula is C17H29N5O2. The molecular weight excluding hydrogens is 306 g/mol. The Balaban J connectivity index is 1.56. The van der Waals surface area contributed by atoms with Gasteiger partial charge < -0.3 is 15.2 Å². The summed E-state index contributed by atoms with van der Waals surface area (Å²) in [6.45, 7) is 7.15. The fraction of sp³-hybridized carbons (Fsp3) is 0.824. The number of rotatable bonds is 4. The van der Waals surface area contributed by atoms with Gasteiger partial charge in [-0.25, -0.2) is 0 Å². The first-order valence-corrected chi connectivity index (χ1v) is 9.18. The minimum absolute atomic E-state index is 0.0802. The highest BCUT2D eigenvalue weighted by atomic mass is 16.5. The van der Waals surface area contributed by atoms with Crippen LogP contribution in [-0.2, 0) is 11.2 Å². The molecule has 2 aliphatic rings. The molecule has 1 aliphatic heterocycles. The Kier molecular flexibility index (Phi) is 5.20. The quantitative estimate of drug-likeness (QED) is 0.897. The number of nitrogens with two attached hydrogens (primary N) is 1. The van der Waals surface area contributed by atoms with Crippen LogP contribution >= 0.6 is 0 Å². The minimum Gasteiger partial charge on any atom is -0.339 e. The largest absolute Gasteiger partial charge is 0.339 e. The number of amides is 1. The van der Waals surface area contributed by atoms with Gasteiger partial charge in [-0.2, -0.15) is 4.98 Å². The number of carbonyl (C=O) groups excluding carboxylic acids is 1. The lowest BCUT2D eigenvalue weighted by Crippen LogP contribution is -2.60. The molecule has 1 amide bonds. The van der Waals surface area contributed by atoms with E-state index in [0.717, 1.165) is 64.1 Å². The Morgan fingerprint density at radius 2 is 1.92 bits per heavy atom. The highest BCUT2D eigenvalue weighted by Gasteiger charge is 2.39. The molecule has 0 radical (unpaired) electrons. The SMILES string of the molecule is CCc1noc(C(C)N2CCN(C(=O)C3(N)CCCCC3)CC2)n1. The van der Waals surface area contributed by atoms with Gasteiger partial charge in [0.05, 0.1) is 11.6 Å². The topological polar surface area (TPSA) is 88.5 Å². The molecule has 1 unspecified atom stereocenters. The van der Waals surface area contributed by atoms with Crippen molar-refractivity contribution in [1.82, 2.24) is 19.9 Å². The molecule has 1 atom stereocenters. The van der Waals surface area contributed by atoms with Crippen molar-refractivity contribution in [3.05, 3.63) is 11.7 Å². The van der Waals surface area contributed by atoms with Gasteiger partial charge in [0.25, 0.3) is 0 Å². The summed E-state index contributed by atoms with van der Waals surface area (Å²) in [6.07, 6.45) is 5.75. The normalized spacial score (nSPS) is 23.2. The summed E-state index contributed by atoms with van der Waals surface area (Å²) in [6, 6.07) is 0.0802. The summed E-state index contributed by atoms with van der Waals surface area (Å²) in [5.74, 6) is 1.54. The summed E-state index contributed by atoms with van der Waals surface area (Å²) < 4.78 is 5.35. The molecule has 24 heavy (non-hydrogen) atoms. The van der Waals surface area contributed by atoms with E-state index < -0.39 is 5.54 Å². The van der Waals surface area contributed by atoms with Gasteiger partial charge in [-0.05, 0) is 19.8 Å². The standard InChI is InChI=1S/C17H29N5O2/c1-3-14-19-15(24-20-14)13(2)21-9-11-22(12-10-21)16(23)17(18)7-5-4-6-8-17/h13H,3-12,18H2,1-2H3. The van der Waals surface area contributed by atoms with Crippen molar-refractivity contribution >= 4 is 5.91 Å². The third-order valence-electron chi connectivity index (χ3n) is 5.48. The molecule has 1 aliphatic carbocycles. The van der Waals surface area contributed by atoms with Gasteiger partial charge in [-0.3, -0.25) is 9.69 Å².